The van der Waals surface area contributed by atoms with Gasteiger partial charge in [0.25, 0.3) is 0 Å². The van der Waals surface area contributed by atoms with Gasteiger partial charge in [0.15, 0.2) is 0 Å². The van der Waals surface area contributed by atoms with Crippen LogP contribution in [0.3, 0.4) is 0 Å². The molecular weight excluding hydrogens is 176 g/mol. The molecule has 0 amide bonds. The van der Waals surface area contributed by atoms with E-state index in [1.807, 2.05) is 7.11 Å². The topological polar surface area (TPSA) is 29.5 Å². The van der Waals surface area contributed by atoms with Crippen molar-refractivity contribution >= 4 is 0 Å². The largest absolute Gasteiger partial charge is 0.392 e. The predicted octanol–water partition coefficient (Wildman–Crippen LogP) is 1.96. The minimum Gasteiger partial charge on any atom is -0.392 e. The van der Waals surface area contributed by atoms with Gasteiger partial charge in [-0.3, -0.25) is 0 Å². The number of ether oxygens (including phenoxy) is 1. The van der Waals surface area contributed by atoms with Crippen LogP contribution < -0.4 is 0 Å². The van der Waals surface area contributed by atoms with Crippen molar-refractivity contribution in [1.29, 1.82) is 0 Å². The highest BCUT2D eigenvalue weighted by atomic mass is 16.5. The molecule has 0 saturated heterocycles. The summed E-state index contributed by atoms with van der Waals surface area (Å²) in [6, 6.07) is 0. The fourth-order valence-electron chi connectivity index (χ4n) is 4.66. The molecule has 3 aliphatic rings. The first kappa shape index (κ1) is 9.17. The maximum atomic E-state index is 10.3. The van der Waals surface area contributed by atoms with Gasteiger partial charge in [0.2, 0.25) is 0 Å². The number of methoxy groups -OCH3 is 1. The van der Waals surface area contributed by atoms with Gasteiger partial charge < -0.3 is 9.84 Å². The van der Waals surface area contributed by atoms with Gasteiger partial charge in [-0.2, -0.15) is 0 Å². The number of fused-ring (bicyclic) bond motifs is 3. The Hall–Kier alpha value is -0.0800. The van der Waals surface area contributed by atoms with E-state index in [0.717, 1.165) is 0 Å². The molecule has 0 spiro atoms. The average molecular weight is 196 g/mol. The van der Waals surface area contributed by atoms with Crippen molar-refractivity contribution < 1.29 is 9.84 Å². The Balaban J connectivity index is 1.98. The summed E-state index contributed by atoms with van der Waals surface area (Å²) >= 11 is 0. The van der Waals surface area contributed by atoms with Crippen LogP contribution in [0.1, 0.15) is 38.5 Å². The first-order chi connectivity index (χ1) is 6.79. The first-order valence-corrected chi connectivity index (χ1v) is 6.03. The summed E-state index contributed by atoms with van der Waals surface area (Å²) in [5.41, 5.74) is 0.0700. The van der Waals surface area contributed by atoms with Crippen LogP contribution in [-0.2, 0) is 4.74 Å². The van der Waals surface area contributed by atoms with Gasteiger partial charge in [-0.15, -0.1) is 0 Å². The highest BCUT2D eigenvalue weighted by molar-refractivity contribution is 5.12. The first-order valence-electron chi connectivity index (χ1n) is 6.03. The predicted molar refractivity (Wildman–Crippen MR) is 53.9 cm³/mol. The molecule has 0 aromatic heterocycles. The lowest BCUT2D eigenvalue weighted by molar-refractivity contribution is -0.0698. The van der Waals surface area contributed by atoms with Crippen molar-refractivity contribution in [2.24, 2.45) is 17.8 Å². The molecular formula is C12H20O2. The molecule has 3 saturated carbocycles. The van der Waals surface area contributed by atoms with Crippen LogP contribution in [0.15, 0.2) is 0 Å². The molecule has 3 fully saturated rings. The maximum absolute atomic E-state index is 10.3. The van der Waals surface area contributed by atoms with E-state index >= 15 is 0 Å². The molecule has 3 aliphatic carbocycles. The van der Waals surface area contributed by atoms with Crippen LogP contribution in [0, 0.1) is 17.8 Å². The number of rotatable bonds is 1. The minimum absolute atomic E-state index is 0.0649. The van der Waals surface area contributed by atoms with E-state index in [1.54, 1.807) is 0 Å². The van der Waals surface area contributed by atoms with Crippen LogP contribution in [0.25, 0.3) is 0 Å². The summed E-state index contributed by atoms with van der Waals surface area (Å²) in [5, 5.41) is 10.3. The molecule has 0 heterocycles. The van der Waals surface area contributed by atoms with E-state index in [-0.39, 0.29) is 11.7 Å². The SMILES string of the molecule is CO[C@]12CCC[C@H]1[C@@H](O)[C@H]1CCC[C@H]12. The molecule has 2 nitrogen and oxygen atoms in total. The van der Waals surface area contributed by atoms with Crippen molar-refractivity contribution in [1.82, 2.24) is 0 Å². The summed E-state index contributed by atoms with van der Waals surface area (Å²) in [6.45, 7) is 0. The van der Waals surface area contributed by atoms with Crippen molar-refractivity contribution in [2.45, 2.75) is 50.2 Å². The lowest BCUT2D eigenvalue weighted by Crippen LogP contribution is -2.39. The van der Waals surface area contributed by atoms with E-state index in [2.05, 4.69) is 0 Å². The molecule has 2 heteroatoms. The smallest absolute Gasteiger partial charge is 0.0763 e. The van der Waals surface area contributed by atoms with E-state index in [1.165, 1.54) is 38.5 Å². The lowest BCUT2D eigenvalue weighted by Gasteiger charge is -2.33. The van der Waals surface area contributed by atoms with E-state index < -0.39 is 0 Å². The summed E-state index contributed by atoms with van der Waals surface area (Å²) in [4.78, 5) is 0. The van der Waals surface area contributed by atoms with E-state index in [9.17, 15) is 5.11 Å². The lowest BCUT2D eigenvalue weighted by atomic mass is 9.84. The molecule has 0 radical (unpaired) electrons. The molecule has 1 N–H and O–H groups in total. The third kappa shape index (κ3) is 0.892. The van der Waals surface area contributed by atoms with Gasteiger partial charge in [0.1, 0.15) is 0 Å². The fourth-order valence-corrected chi connectivity index (χ4v) is 4.66. The number of aliphatic hydroxyl groups excluding tert-OH is 1. The molecule has 3 rings (SSSR count). The van der Waals surface area contributed by atoms with Gasteiger partial charge >= 0.3 is 0 Å². The Bertz CT molecular complexity index is 240. The molecule has 80 valence electrons. The van der Waals surface area contributed by atoms with Gasteiger partial charge in [0.05, 0.1) is 11.7 Å². The Kier molecular flexibility index (Phi) is 1.94. The van der Waals surface area contributed by atoms with Gasteiger partial charge in [-0.05, 0) is 37.5 Å². The standard InChI is InChI=1S/C12H20O2/c1-14-12-7-3-6-10(12)11(13)8-4-2-5-9(8)12/h8-11,13H,2-7H2,1H3/t8-,9+,10-,11-,12-/m0/s1. The summed E-state index contributed by atoms with van der Waals surface area (Å²) in [7, 11) is 1.85. The quantitative estimate of drug-likeness (QED) is 0.694. The Morgan fingerprint density at radius 2 is 1.93 bits per heavy atom. The Labute approximate surface area is 85.6 Å². The second-order valence-corrected chi connectivity index (χ2v) is 5.35. The Morgan fingerprint density at radius 1 is 1.14 bits per heavy atom. The molecule has 0 aromatic rings. The van der Waals surface area contributed by atoms with Crippen LogP contribution in [-0.4, -0.2) is 23.9 Å². The summed E-state index contributed by atoms with van der Waals surface area (Å²) in [6.07, 6.45) is 7.36. The highest BCUT2D eigenvalue weighted by Crippen LogP contribution is 2.60. The van der Waals surface area contributed by atoms with E-state index in [4.69, 9.17) is 4.74 Å². The van der Waals surface area contributed by atoms with Crippen LogP contribution in [0.4, 0.5) is 0 Å². The third-order valence-corrected chi connectivity index (χ3v) is 5.14. The molecule has 5 atom stereocenters. The zero-order chi connectivity index (χ0) is 9.76. The second-order valence-electron chi connectivity index (χ2n) is 5.35. The normalized spacial score (nSPS) is 56.1. The van der Waals surface area contributed by atoms with Crippen molar-refractivity contribution in [3.8, 4) is 0 Å². The van der Waals surface area contributed by atoms with Gasteiger partial charge in [-0.1, -0.05) is 12.8 Å². The average Bonchev–Trinajstić information content (AvgIpc) is 2.85. The fraction of sp³-hybridized carbons (Fsp3) is 1.00. The van der Waals surface area contributed by atoms with Gasteiger partial charge in [0, 0.05) is 13.0 Å². The minimum atomic E-state index is -0.0649. The number of hydrogen-bond acceptors (Lipinski definition) is 2. The Morgan fingerprint density at radius 3 is 2.71 bits per heavy atom. The molecule has 0 aliphatic heterocycles. The van der Waals surface area contributed by atoms with Crippen molar-refractivity contribution in [2.75, 3.05) is 7.11 Å². The maximum Gasteiger partial charge on any atom is 0.0763 e. The van der Waals surface area contributed by atoms with Crippen molar-refractivity contribution in [3.05, 3.63) is 0 Å². The molecule has 0 bridgehead atoms. The molecule has 0 unspecified atom stereocenters. The van der Waals surface area contributed by atoms with Crippen molar-refractivity contribution in [3.63, 3.8) is 0 Å². The zero-order valence-electron chi connectivity index (χ0n) is 8.91. The zero-order valence-corrected chi connectivity index (χ0v) is 8.91. The number of aliphatic hydroxyl groups is 1. The van der Waals surface area contributed by atoms with Crippen LogP contribution in [0.2, 0.25) is 0 Å². The molecule has 14 heavy (non-hydrogen) atoms. The summed E-state index contributed by atoms with van der Waals surface area (Å²) in [5.74, 6) is 1.66. The molecule has 0 aromatic carbocycles. The number of hydrogen-bond donors (Lipinski definition) is 1. The second kappa shape index (κ2) is 2.96. The monoisotopic (exact) mass is 196 g/mol. The summed E-state index contributed by atoms with van der Waals surface area (Å²) < 4.78 is 5.85. The van der Waals surface area contributed by atoms with E-state index in [0.29, 0.717) is 17.8 Å². The highest BCUT2D eigenvalue weighted by Gasteiger charge is 2.62. The van der Waals surface area contributed by atoms with Crippen LogP contribution in [0.5, 0.6) is 0 Å². The van der Waals surface area contributed by atoms with Gasteiger partial charge in [-0.25, -0.2) is 0 Å². The van der Waals surface area contributed by atoms with Crippen LogP contribution >= 0.6 is 0 Å². The third-order valence-electron chi connectivity index (χ3n) is 5.14.